The summed E-state index contributed by atoms with van der Waals surface area (Å²) in [5.41, 5.74) is 1.23. The monoisotopic (exact) mass is 246 g/mol. The molecule has 0 atom stereocenters. The summed E-state index contributed by atoms with van der Waals surface area (Å²) in [5, 5.41) is 8.81. The molecule has 0 amide bonds. The smallest absolute Gasteiger partial charge is 0.354 e. The fourth-order valence-electron chi connectivity index (χ4n) is 1.26. The Morgan fingerprint density at radius 1 is 1.24 bits per heavy atom. The Labute approximate surface area is 103 Å². The lowest BCUT2D eigenvalue weighted by molar-refractivity contribution is 0.0690. The van der Waals surface area contributed by atoms with E-state index in [1.54, 1.807) is 36.3 Å². The Hall–Kier alpha value is -1.88. The van der Waals surface area contributed by atoms with Crippen LogP contribution in [0.5, 0.6) is 0 Å². The summed E-state index contributed by atoms with van der Waals surface area (Å²) in [6, 6.07) is 7.26. The zero-order chi connectivity index (χ0) is 12.1. The third kappa shape index (κ3) is 3.29. The Kier molecular flexibility index (Phi) is 3.72. The van der Waals surface area contributed by atoms with E-state index in [1.807, 2.05) is 12.1 Å². The molecule has 0 aromatic carbocycles. The van der Waals surface area contributed by atoms with Gasteiger partial charge in [0.25, 0.3) is 0 Å². The first kappa shape index (κ1) is 11.6. The Morgan fingerprint density at radius 2 is 2.00 bits per heavy atom. The molecule has 2 heterocycles. The van der Waals surface area contributed by atoms with Gasteiger partial charge in [0, 0.05) is 29.2 Å². The number of aromatic nitrogens is 2. The van der Waals surface area contributed by atoms with Gasteiger partial charge in [-0.05, 0) is 29.8 Å². The van der Waals surface area contributed by atoms with Gasteiger partial charge in [0.1, 0.15) is 5.69 Å². The van der Waals surface area contributed by atoms with Crippen LogP contribution in [0.2, 0.25) is 0 Å². The second-order valence-electron chi connectivity index (χ2n) is 3.33. The topological polar surface area (TPSA) is 63.1 Å². The molecule has 2 aromatic rings. The van der Waals surface area contributed by atoms with Gasteiger partial charge in [-0.2, -0.15) is 0 Å². The van der Waals surface area contributed by atoms with Crippen LogP contribution < -0.4 is 0 Å². The van der Waals surface area contributed by atoms with Crippen molar-refractivity contribution in [2.24, 2.45) is 0 Å². The highest BCUT2D eigenvalue weighted by molar-refractivity contribution is 7.98. The van der Waals surface area contributed by atoms with Gasteiger partial charge in [0.05, 0.1) is 0 Å². The number of hydrogen-bond acceptors (Lipinski definition) is 4. The molecule has 1 N–H and O–H groups in total. The molecule has 0 unspecified atom stereocenters. The van der Waals surface area contributed by atoms with Gasteiger partial charge >= 0.3 is 5.97 Å². The molecule has 2 rings (SSSR count). The fourth-order valence-corrected chi connectivity index (χ4v) is 2.14. The molecule has 0 aliphatic heterocycles. The number of aromatic carboxylic acids is 1. The van der Waals surface area contributed by atoms with Crippen LogP contribution in [0.3, 0.4) is 0 Å². The number of pyridine rings is 2. The van der Waals surface area contributed by atoms with Crippen LogP contribution in [-0.4, -0.2) is 21.0 Å². The minimum Gasteiger partial charge on any atom is -0.477 e. The summed E-state index contributed by atoms with van der Waals surface area (Å²) in [6.45, 7) is 0. The molecule has 5 heteroatoms. The number of rotatable bonds is 4. The first-order valence-electron chi connectivity index (χ1n) is 4.97. The Morgan fingerprint density at radius 3 is 2.71 bits per heavy atom. The molecule has 0 fully saturated rings. The molecule has 0 radical (unpaired) electrons. The average Bonchev–Trinajstić information content (AvgIpc) is 2.38. The molecule has 0 aliphatic rings. The molecule has 0 saturated heterocycles. The van der Waals surface area contributed by atoms with Crippen LogP contribution >= 0.6 is 11.8 Å². The summed E-state index contributed by atoms with van der Waals surface area (Å²) >= 11 is 1.57. The molecular formula is C12H10N2O2S. The van der Waals surface area contributed by atoms with Gasteiger partial charge in [-0.15, -0.1) is 11.8 Å². The average molecular weight is 246 g/mol. The summed E-state index contributed by atoms with van der Waals surface area (Å²) in [7, 11) is 0. The first-order valence-corrected chi connectivity index (χ1v) is 5.95. The third-order valence-corrected chi connectivity index (χ3v) is 3.17. The van der Waals surface area contributed by atoms with E-state index in [-0.39, 0.29) is 5.69 Å². The lowest BCUT2D eigenvalue weighted by atomic mass is 10.3. The Balaban J connectivity index is 2.04. The maximum absolute atomic E-state index is 10.7. The highest BCUT2D eigenvalue weighted by Gasteiger charge is 2.05. The number of nitrogens with zero attached hydrogens (tertiary/aromatic N) is 2. The van der Waals surface area contributed by atoms with E-state index in [4.69, 9.17) is 5.11 Å². The fraction of sp³-hybridized carbons (Fsp3) is 0.0833. The lowest BCUT2D eigenvalue weighted by Gasteiger charge is -2.02. The van der Waals surface area contributed by atoms with Crippen molar-refractivity contribution in [3.63, 3.8) is 0 Å². The van der Waals surface area contributed by atoms with Gasteiger partial charge in [-0.3, -0.25) is 4.98 Å². The van der Waals surface area contributed by atoms with Gasteiger partial charge < -0.3 is 5.11 Å². The maximum atomic E-state index is 10.7. The van der Waals surface area contributed by atoms with Crippen LogP contribution in [0, 0.1) is 0 Å². The van der Waals surface area contributed by atoms with Crippen LogP contribution in [0.15, 0.2) is 47.8 Å². The predicted octanol–water partition coefficient (Wildman–Crippen LogP) is 2.47. The second-order valence-corrected chi connectivity index (χ2v) is 4.37. The first-order chi connectivity index (χ1) is 8.25. The van der Waals surface area contributed by atoms with E-state index >= 15 is 0 Å². The number of thioether (sulfide) groups is 1. The van der Waals surface area contributed by atoms with Crippen molar-refractivity contribution >= 4 is 17.7 Å². The van der Waals surface area contributed by atoms with Gasteiger partial charge in [0.2, 0.25) is 0 Å². The van der Waals surface area contributed by atoms with Crippen molar-refractivity contribution in [2.75, 3.05) is 0 Å². The molecule has 17 heavy (non-hydrogen) atoms. The molecule has 0 aliphatic carbocycles. The molecule has 0 saturated carbocycles. The van der Waals surface area contributed by atoms with Crippen LogP contribution in [0.25, 0.3) is 0 Å². The maximum Gasteiger partial charge on any atom is 0.354 e. The highest BCUT2D eigenvalue weighted by Crippen LogP contribution is 2.22. The third-order valence-electron chi connectivity index (χ3n) is 2.11. The van der Waals surface area contributed by atoms with E-state index in [0.717, 1.165) is 16.2 Å². The van der Waals surface area contributed by atoms with Crippen molar-refractivity contribution in [3.8, 4) is 0 Å². The van der Waals surface area contributed by atoms with Gasteiger partial charge in [-0.25, -0.2) is 9.78 Å². The summed E-state index contributed by atoms with van der Waals surface area (Å²) in [5.74, 6) is -0.220. The number of carboxylic acid groups (broad SMARTS) is 1. The Bertz CT molecular complexity index is 517. The zero-order valence-corrected chi connectivity index (χ0v) is 9.72. The largest absolute Gasteiger partial charge is 0.477 e. The molecule has 0 spiro atoms. The zero-order valence-electron chi connectivity index (χ0n) is 8.91. The lowest BCUT2D eigenvalue weighted by Crippen LogP contribution is -1.99. The molecular weight excluding hydrogens is 236 g/mol. The standard InChI is InChI=1S/C12H10N2O2S/c15-12(16)11-7-10(3-6-14-11)17-8-9-1-4-13-5-2-9/h1-7H,8H2,(H,15,16). The van der Waals surface area contributed by atoms with Gasteiger partial charge in [0.15, 0.2) is 0 Å². The second kappa shape index (κ2) is 5.45. The predicted molar refractivity (Wildman–Crippen MR) is 65.0 cm³/mol. The number of carboxylic acids is 1. The van der Waals surface area contributed by atoms with E-state index < -0.39 is 5.97 Å². The van der Waals surface area contributed by atoms with Crippen molar-refractivity contribution in [2.45, 2.75) is 10.6 Å². The molecule has 86 valence electrons. The SMILES string of the molecule is O=C(O)c1cc(SCc2ccncc2)ccn1. The van der Waals surface area contributed by atoms with Crippen molar-refractivity contribution in [1.82, 2.24) is 9.97 Å². The van der Waals surface area contributed by atoms with Crippen molar-refractivity contribution in [1.29, 1.82) is 0 Å². The van der Waals surface area contributed by atoms with Crippen LogP contribution in [0.4, 0.5) is 0 Å². The van der Waals surface area contributed by atoms with Crippen LogP contribution in [0.1, 0.15) is 16.1 Å². The summed E-state index contributed by atoms with van der Waals surface area (Å²) in [6.07, 6.45) is 4.99. The van der Waals surface area contributed by atoms with Crippen molar-refractivity contribution in [3.05, 3.63) is 54.1 Å². The van der Waals surface area contributed by atoms with Gasteiger partial charge in [-0.1, -0.05) is 0 Å². The highest BCUT2D eigenvalue weighted by atomic mass is 32.2. The van der Waals surface area contributed by atoms with Crippen molar-refractivity contribution < 1.29 is 9.90 Å². The molecule has 4 nitrogen and oxygen atoms in total. The van der Waals surface area contributed by atoms with E-state index in [1.165, 1.54) is 6.20 Å². The minimum absolute atomic E-state index is 0.0738. The van der Waals surface area contributed by atoms with E-state index in [0.29, 0.717) is 0 Å². The van der Waals surface area contributed by atoms with E-state index in [2.05, 4.69) is 9.97 Å². The van der Waals surface area contributed by atoms with Crippen LogP contribution in [-0.2, 0) is 5.75 Å². The number of carbonyl (C=O) groups is 1. The normalized spacial score (nSPS) is 10.1. The summed E-state index contributed by atoms with van der Waals surface area (Å²) < 4.78 is 0. The summed E-state index contributed by atoms with van der Waals surface area (Å²) in [4.78, 5) is 19.4. The molecule has 0 bridgehead atoms. The quantitative estimate of drug-likeness (QED) is 0.839. The van der Waals surface area contributed by atoms with E-state index in [9.17, 15) is 4.79 Å². The minimum atomic E-state index is -1.00. The molecule has 2 aromatic heterocycles. The number of hydrogen-bond donors (Lipinski definition) is 1.